The van der Waals surface area contributed by atoms with Gasteiger partial charge in [-0.2, -0.15) is 0 Å². The zero-order chi connectivity index (χ0) is 14.4. The summed E-state index contributed by atoms with van der Waals surface area (Å²) in [5.74, 6) is -1.26. The quantitative estimate of drug-likeness (QED) is 0.805. The molecule has 0 N–H and O–H groups in total. The Morgan fingerprint density at radius 3 is 2.47 bits per heavy atom. The minimum Gasteiger partial charge on any atom is -0.339 e. The molecule has 1 aromatic carbocycles. The van der Waals surface area contributed by atoms with E-state index >= 15 is 0 Å². The van der Waals surface area contributed by atoms with Crippen molar-refractivity contribution in [3.8, 4) is 0 Å². The first kappa shape index (κ1) is 14.3. The molecule has 1 aliphatic rings. The van der Waals surface area contributed by atoms with Gasteiger partial charge in [-0.25, -0.2) is 12.8 Å². The average Bonchev–Trinajstić information content (AvgIpc) is 3.09. The van der Waals surface area contributed by atoms with E-state index in [2.05, 4.69) is 0 Å². The molecule has 1 saturated carbocycles. The third-order valence-corrected chi connectivity index (χ3v) is 4.64. The highest BCUT2D eigenvalue weighted by atomic mass is 35.7. The van der Waals surface area contributed by atoms with E-state index in [0.29, 0.717) is 0 Å². The molecule has 1 aromatic rings. The van der Waals surface area contributed by atoms with Gasteiger partial charge in [0.2, 0.25) is 0 Å². The lowest BCUT2D eigenvalue weighted by atomic mass is 10.1. The number of carbonyl (C=O) groups is 1. The van der Waals surface area contributed by atoms with Crippen molar-refractivity contribution in [3.63, 3.8) is 0 Å². The molecule has 0 aliphatic heterocycles. The minimum atomic E-state index is -4.00. The fourth-order valence-corrected chi connectivity index (χ4v) is 3.10. The Hall–Kier alpha value is -1.14. The molecule has 0 unspecified atom stereocenters. The highest BCUT2D eigenvalue weighted by Crippen LogP contribution is 2.29. The van der Waals surface area contributed by atoms with Gasteiger partial charge >= 0.3 is 0 Å². The van der Waals surface area contributed by atoms with Crippen molar-refractivity contribution in [2.45, 2.75) is 30.7 Å². The topological polar surface area (TPSA) is 54.5 Å². The second kappa shape index (κ2) is 4.76. The fourth-order valence-electron chi connectivity index (χ4n) is 1.90. The predicted molar refractivity (Wildman–Crippen MR) is 69.3 cm³/mol. The number of hydrogen-bond donors (Lipinski definition) is 0. The van der Waals surface area contributed by atoms with Crippen LogP contribution in [0, 0.1) is 12.7 Å². The Kier molecular flexibility index (Phi) is 3.57. The minimum absolute atomic E-state index is 0.115. The normalized spacial score (nSPS) is 15.4. The predicted octanol–water partition coefficient (Wildman–Crippen LogP) is 2.30. The van der Waals surface area contributed by atoms with Gasteiger partial charge in [-0.3, -0.25) is 4.79 Å². The first-order valence-electron chi connectivity index (χ1n) is 5.74. The standard InChI is InChI=1S/C12H13ClFNO3S/c1-7-5-10(14)9(6-11(7)19(13,17)18)12(16)15(2)8-3-4-8/h5-6,8H,3-4H2,1-2H3. The van der Waals surface area contributed by atoms with Crippen LogP contribution in [-0.2, 0) is 9.05 Å². The van der Waals surface area contributed by atoms with Crippen molar-refractivity contribution in [1.82, 2.24) is 4.90 Å². The van der Waals surface area contributed by atoms with E-state index < -0.39 is 20.8 Å². The Morgan fingerprint density at radius 2 is 2.00 bits per heavy atom. The number of halogens is 2. The first-order valence-corrected chi connectivity index (χ1v) is 8.04. The molecule has 104 valence electrons. The van der Waals surface area contributed by atoms with Crippen LogP contribution in [0.5, 0.6) is 0 Å². The summed E-state index contributed by atoms with van der Waals surface area (Å²) in [6.45, 7) is 1.43. The van der Waals surface area contributed by atoms with E-state index in [1.807, 2.05) is 0 Å². The van der Waals surface area contributed by atoms with Crippen LogP contribution >= 0.6 is 10.7 Å². The van der Waals surface area contributed by atoms with E-state index in [0.717, 1.165) is 25.0 Å². The number of hydrogen-bond acceptors (Lipinski definition) is 3. The van der Waals surface area contributed by atoms with Crippen molar-refractivity contribution >= 4 is 25.6 Å². The zero-order valence-corrected chi connectivity index (χ0v) is 12.1. The second-order valence-corrected chi connectivity index (χ2v) is 7.22. The van der Waals surface area contributed by atoms with Crippen molar-refractivity contribution in [2.75, 3.05) is 7.05 Å². The number of nitrogens with zero attached hydrogens (tertiary/aromatic N) is 1. The van der Waals surface area contributed by atoms with Crippen LogP contribution < -0.4 is 0 Å². The molecule has 1 fully saturated rings. The van der Waals surface area contributed by atoms with Gasteiger partial charge in [0, 0.05) is 23.8 Å². The maximum absolute atomic E-state index is 13.8. The number of carbonyl (C=O) groups excluding carboxylic acids is 1. The van der Waals surface area contributed by atoms with E-state index in [9.17, 15) is 17.6 Å². The summed E-state index contributed by atoms with van der Waals surface area (Å²) >= 11 is 0. The van der Waals surface area contributed by atoms with E-state index in [1.165, 1.54) is 11.8 Å². The molecule has 0 heterocycles. The fraction of sp³-hybridized carbons (Fsp3) is 0.417. The van der Waals surface area contributed by atoms with Crippen LogP contribution in [0.25, 0.3) is 0 Å². The van der Waals surface area contributed by atoms with Gasteiger partial charge < -0.3 is 4.90 Å². The van der Waals surface area contributed by atoms with Gasteiger partial charge in [0.15, 0.2) is 0 Å². The average molecular weight is 306 g/mol. The second-order valence-electron chi connectivity index (χ2n) is 4.68. The largest absolute Gasteiger partial charge is 0.339 e. The molecule has 0 spiro atoms. The summed E-state index contributed by atoms with van der Waals surface area (Å²) in [6, 6.07) is 2.14. The Bertz CT molecular complexity index is 641. The molecule has 0 bridgehead atoms. The van der Waals surface area contributed by atoms with Crippen molar-refractivity contribution < 1.29 is 17.6 Å². The van der Waals surface area contributed by atoms with E-state index in [1.54, 1.807) is 7.05 Å². The summed E-state index contributed by atoms with van der Waals surface area (Å²) in [5, 5.41) is 0. The summed E-state index contributed by atoms with van der Waals surface area (Å²) in [5.41, 5.74) is -0.0858. The van der Waals surface area contributed by atoms with Crippen LogP contribution in [0.4, 0.5) is 4.39 Å². The van der Waals surface area contributed by atoms with Crippen LogP contribution in [0.1, 0.15) is 28.8 Å². The van der Waals surface area contributed by atoms with Crippen molar-refractivity contribution in [3.05, 3.63) is 29.1 Å². The molecule has 19 heavy (non-hydrogen) atoms. The Labute approximate surface area is 115 Å². The number of amides is 1. The monoisotopic (exact) mass is 305 g/mol. The summed E-state index contributed by atoms with van der Waals surface area (Å²) in [7, 11) is 2.85. The van der Waals surface area contributed by atoms with Crippen LogP contribution in [0.2, 0.25) is 0 Å². The van der Waals surface area contributed by atoms with E-state index in [-0.39, 0.29) is 22.1 Å². The smallest absolute Gasteiger partial charge is 0.261 e. The molecule has 0 saturated heterocycles. The Balaban J connectivity index is 2.48. The molecule has 0 atom stereocenters. The summed E-state index contributed by atoms with van der Waals surface area (Å²) in [4.78, 5) is 13.3. The highest BCUT2D eigenvalue weighted by Gasteiger charge is 2.32. The molecule has 1 amide bonds. The summed E-state index contributed by atoms with van der Waals surface area (Å²) < 4.78 is 36.6. The van der Waals surface area contributed by atoms with Gasteiger partial charge in [0.1, 0.15) is 5.82 Å². The van der Waals surface area contributed by atoms with Gasteiger partial charge in [-0.15, -0.1) is 0 Å². The third-order valence-electron chi connectivity index (χ3n) is 3.17. The van der Waals surface area contributed by atoms with Crippen molar-refractivity contribution in [1.29, 1.82) is 0 Å². The molecular formula is C12H13ClFNO3S. The third kappa shape index (κ3) is 2.90. The Morgan fingerprint density at radius 1 is 1.42 bits per heavy atom. The van der Waals surface area contributed by atoms with Crippen LogP contribution in [0.15, 0.2) is 17.0 Å². The number of aryl methyl sites for hydroxylation is 1. The maximum atomic E-state index is 13.8. The van der Waals surface area contributed by atoms with Crippen molar-refractivity contribution in [2.24, 2.45) is 0 Å². The first-order chi connectivity index (χ1) is 8.71. The lowest BCUT2D eigenvalue weighted by Crippen LogP contribution is -2.29. The van der Waals surface area contributed by atoms with Crippen LogP contribution in [-0.4, -0.2) is 32.3 Å². The summed E-state index contributed by atoms with van der Waals surface area (Å²) in [6.07, 6.45) is 1.77. The lowest BCUT2D eigenvalue weighted by Gasteiger charge is -2.17. The zero-order valence-electron chi connectivity index (χ0n) is 10.5. The molecule has 7 heteroatoms. The maximum Gasteiger partial charge on any atom is 0.261 e. The molecule has 4 nitrogen and oxygen atoms in total. The van der Waals surface area contributed by atoms with Gasteiger partial charge in [0.25, 0.3) is 15.0 Å². The van der Waals surface area contributed by atoms with Gasteiger partial charge in [0.05, 0.1) is 10.5 Å². The number of rotatable bonds is 3. The van der Waals surface area contributed by atoms with Gasteiger partial charge in [-0.05, 0) is 37.5 Å². The van der Waals surface area contributed by atoms with E-state index in [4.69, 9.17) is 10.7 Å². The lowest BCUT2D eigenvalue weighted by molar-refractivity contribution is 0.0780. The molecule has 0 aromatic heterocycles. The molecule has 0 radical (unpaired) electrons. The molecule has 1 aliphatic carbocycles. The number of benzene rings is 1. The highest BCUT2D eigenvalue weighted by molar-refractivity contribution is 8.13. The molecule has 2 rings (SSSR count). The van der Waals surface area contributed by atoms with Crippen LogP contribution in [0.3, 0.4) is 0 Å². The SMILES string of the molecule is Cc1cc(F)c(C(=O)N(C)C2CC2)cc1S(=O)(=O)Cl. The molecular weight excluding hydrogens is 293 g/mol. The van der Waals surface area contributed by atoms with Gasteiger partial charge in [-0.1, -0.05) is 0 Å².